The van der Waals surface area contributed by atoms with Gasteiger partial charge in [-0.25, -0.2) is 4.98 Å². The maximum absolute atomic E-state index is 13.2. The Hall–Kier alpha value is -2.99. The number of nitrogens with two attached hydrogens (primary N) is 1. The Labute approximate surface area is 165 Å². The number of hydrogen-bond acceptors (Lipinski definition) is 4. The van der Waals surface area contributed by atoms with E-state index in [0.29, 0.717) is 5.56 Å². The minimum Gasteiger partial charge on any atom is -0.340 e. The maximum atomic E-state index is 13.2. The molecule has 0 bridgehead atoms. The number of hydrogen-bond donors (Lipinski definition) is 2. The van der Waals surface area contributed by atoms with Crippen molar-refractivity contribution in [2.75, 3.05) is 13.1 Å². The van der Waals surface area contributed by atoms with E-state index >= 15 is 0 Å². The third kappa shape index (κ3) is 3.31. The Morgan fingerprint density at radius 1 is 1.29 bits per heavy atom. The third-order valence-corrected chi connectivity index (χ3v) is 5.53. The molecule has 0 aliphatic carbocycles. The van der Waals surface area contributed by atoms with Crippen molar-refractivity contribution in [2.45, 2.75) is 31.7 Å². The number of aromatic amines is 1. The summed E-state index contributed by atoms with van der Waals surface area (Å²) < 4.78 is 0. The van der Waals surface area contributed by atoms with Gasteiger partial charge < -0.3 is 15.6 Å². The quantitative estimate of drug-likeness (QED) is 0.666. The summed E-state index contributed by atoms with van der Waals surface area (Å²) in [5.41, 5.74) is 8.64. The number of amides is 1. The van der Waals surface area contributed by atoms with Crippen LogP contribution in [0.25, 0.3) is 11.0 Å². The molecule has 4 rings (SSSR count). The molecule has 1 aliphatic rings. The molecule has 2 atom stereocenters. The SMILES string of the molecule is C[C@@H](C(=O)N1CCC[C@H]1c1nc2ccc(C(=O)CN)cc2[nH]1)c1ccccc1.[HH]. The molecule has 0 spiro atoms. The summed E-state index contributed by atoms with van der Waals surface area (Å²) in [4.78, 5) is 35.0. The number of carbonyl (C=O) groups excluding carboxylic acids is 2. The summed E-state index contributed by atoms with van der Waals surface area (Å²) >= 11 is 0. The van der Waals surface area contributed by atoms with E-state index in [9.17, 15) is 9.59 Å². The molecule has 28 heavy (non-hydrogen) atoms. The lowest BCUT2D eigenvalue weighted by molar-refractivity contribution is -0.133. The lowest BCUT2D eigenvalue weighted by atomic mass is 9.99. The summed E-state index contributed by atoms with van der Waals surface area (Å²) in [6, 6.07) is 15.1. The molecule has 0 saturated carbocycles. The van der Waals surface area contributed by atoms with Crippen molar-refractivity contribution >= 4 is 22.7 Å². The van der Waals surface area contributed by atoms with Crippen LogP contribution in [0.4, 0.5) is 0 Å². The van der Waals surface area contributed by atoms with Crippen molar-refractivity contribution in [1.82, 2.24) is 14.9 Å². The van der Waals surface area contributed by atoms with Gasteiger partial charge in [0.25, 0.3) is 0 Å². The molecule has 3 N–H and O–H groups in total. The smallest absolute Gasteiger partial charge is 0.230 e. The summed E-state index contributed by atoms with van der Waals surface area (Å²) in [6.07, 6.45) is 1.83. The number of nitrogens with one attached hydrogen (secondary N) is 1. The van der Waals surface area contributed by atoms with Crippen molar-refractivity contribution in [3.8, 4) is 0 Å². The molecule has 6 nitrogen and oxygen atoms in total. The van der Waals surface area contributed by atoms with Crippen LogP contribution in [0.3, 0.4) is 0 Å². The highest BCUT2D eigenvalue weighted by atomic mass is 16.2. The van der Waals surface area contributed by atoms with E-state index in [4.69, 9.17) is 10.7 Å². The highest BCUT2D eigenvalue weighted by Crippen LogP contribution is 2.34. The van der Waals surface area contributed by atoms with Crippen LogP contribution < -0.4 is 5.73 Å². The number of Topliss-reactive ketones (excluding diaryl/α,β-unsaturated/α-hetero) is 1. The number of benzene rings is 2. The number of H-pyrrole nitrogens is 1. The Balaban J connectivity index is 0.00000240. The first-order chi connectivity index (χ1) is 13.6. The predicted octanol–water partition coefficient (Wildman–Crippen LogP) is 3.42. The van der Waals surface area contributed by atoms with Crippen molar-refractivity contribution in [3.63, 3.8) is 0 Å². The number of likely N-dealkylation sites (tertiary alicyclic amines) is 1. The van der Waals surface area contributed by atoms with Crippen LogP contribution in [-0.2, 0) is 4.79 Å². The lowest BCUT2D eigenvalue weighted by Gasteiger charge is -2.26. The largest absolute Gasteiger partial charge is 0.340 e. The second-order valence-electron chi connectivity index (χ2n) is 7.30. The molecular formula is C22H26N4O2. The third-order valence-electron chi connectivity index (χ3n) is 5.53. The van der Waals surface area contributed by atoms with Gasteiger partial charge in [-0.1, -0.05) is 30.3 Å². The minimum atomic E-state index is -0.194. The van der Waals surface area contributed by atoms with E-state index in [1.807, 2.05) is 48.2 Å². The normalized spacial score (nSPS) is 17.8. The first-order valence-electron chi connectivity index (χ1n) is 9.67. The van der Waals surface area contributed by atoms with Gasteiger partial charge in [-0.3, -0.25) is 9.59 Å². The van der Waals surface area contributed by atoms with Gasteiger partial charge in [0.1, 0.15) is 5.82 Å². The van der Waals surface area contributed by atoms with E-state index in [0.717, 1.165) is 41.8 Å². The predicted molar refractivity (Wildman–Crippen MR) is 110 cm³/mol. The summed E-state index contributed by atoms with van der Waals surface area (Å²) in [7, 11) is 0. The number of aromatic nitrogens is 2. The minimum absolute atomic E-state index is 0. The molecule has 2 aromatic carbocycles. The molecule has 2 heterocycles. The van der Waals surface area contributed by atoms with Gasteiger partial charge >= 0.3 is 0 Å². The van der Waals surface area contributed by atoms with Crippen LogP contribution in [-0.4, -0.2) is 39.6 Å². The number of fused-ring (bicyclic) bond motifs is 1. The first-order valence-corrected chi connectivity index (χ1v) is 9.67. The molecule has 1 aromatic heterocycles. The molecule has 1 saturated heterocycles. The Bertz CT molecular complexity index is 1020. The van der Waals surface area contributed by atoms with Crippen LogP contribution in [0, 0.1) is 0 Å². The molecule has 1 aliphatic heterocycles. The summed E-state index contributed by atoms with van der Waals surface area (Å²) in [6.45, 7) is 2.67. The molecule has 1 fully saturated rings. The van der Waals surface area contributed by atoms with Gasteiger partial charge in [0.05, 0.1) is 29.5 Å². The van der Waals surface area contributed by atoms with Crippen LogP contribution in [0.2, 0.25) is 0 Å². The standard InChI is InChI=1S/C22H24N4O2.H2/c1-14(15-6-3-2-4-7-15)22(28)26-11-5-8-19(26)21-24-17-10-9-16(20(27)13-23)12-18(17)25-21;/h2-4,6-7,9-10,12,14,19H,5,8,11,13,23H2,1H3,(H,24,25);1H/t14-,19+;/m1./s1. The highest BCUT2D eigenvalue weighted by molar-refractivity contribution is 6.00. The van der Waals surface area contributed by atoms with Gasteiger partial charge in [0.15, 0.2) is 5.78 Å². The van der Waals surface area contributed by atoms with Crippen molar-refractivity contribution in [1.29, 1.82) is 0 Å². The van der Waals surface area contributed by atoms with Crippen LogP contribution >= 0.6 is 0 Å². The van der Waals surface area contributed by atoms with Crippen LogP contribution in [0.1, 0.15) is 54.9 Å². The molecule has 3 aromatic rings. The molecule has 146 valence electrons. The van der Waals surface area contributed by atoms with E-state index in [2.05, 4.69) is 4.98 Å². The van der Waals surface area contributed by atoms with Crippen LogP contribution in [0.15, 0.2) is 48.5 Å². The lowest BCUT2D eigenvalue weighted by Crippen LogP contribution is -2.34. The fourth-order valence-corrected chi connectivity index (χ4v) is 3.93. The molecule has 1 amide bonds. The summed E-state index contributed by atoms with van der Waals surface area (Å²) in [5, 5.41) is 0. The van der Waals surface area contributed by atoms with Gasteiger partial charge in [-0.2, -0.15) is 0 Å². The first kappa shape index (κ1) is 18.4. The maximum Gasteiger partial charge on any atom is 0.230 e. The van der Waals surface area contributed by atoms with E-state index in [1.54, 1.807) is 12.1 Å². The van der Waals surface area contributed by atoms with Crippen molar-refractivity contribution in [3.05, 3.63) is 65.5 Å². The number of ketones is 1. The zero-order valence-corrected chi connectivity index (χ0v) is 15.9. The van der Waals surface area contributed by atoms with Gasteiger partial charge in [0.2, 0.25) is 5.91 Å². The number of rotatable bonds is 5. The molecule has 0 unspecified atom stereocenters. The fourth-order valence-electron chi connectivity index (χ4n) is 3.93. The topological polar surface area (TPSA) is 92.1 Å². The van der Waals surface area contributed by atoms with Crippen molar-refractivity contribution in [2.24, 2.45) is 5.73 Å². The molecule has 6 heteroatoms. The Morgan fingerprint density at radius 2 is 2.07 bits per heavy atom. The van der Waals surface area contributed by atoms with Gasteiger partial charge in [-0.15, -0.1) is 0 Å². The van der Waals surface area contributed by atoms with Crippen LogP contribution in [0.5, 0.6) is 0 Å². The highest BCUT2D eigenvalue weighted by Gasteiger charge is 2.34. The zero-order valence-electron chi connectivity index (χ0n) is 15.9. The Morgan fingerprint density at radius 3 is 2.82 bits per heavy atom. The zero-order chi connectivity index (χ0) is 19.7. The van der Waals surface area contributed by atoms with E-state index in [1.165, 1.54) is 0 Å². The van der Waals surface area contributed by atoms with Crippen molar-refractivity contribution < 1.29 is 11.0 Å². The average Bonchev–Trinajstić information content (AvgIpc) is 3.38. The van der Waals surface area contributed by atoms with E-state index < -0.39 is 0 Å². The average molecular weight is 378 g/mol. The molecular weight excluding hydrogens is 352 g/mol. The summed E-state index contributed by atoms with van der Waals surface area (Å²) in [5.74, 6) is 0.596. The number of nitrogens with zero attached hydrogens (tertiary/aromatic N) is 2. The second-order valence-corrected chi connectivity index (χ2v) is 7.30. The molecule has 0 radical (unpaired) electrons. The van der Waals surface area contributed by atoms with E-state index in [-0.39, 0.29) is 31.6 Å². The second kappa shape index (κ2) is 7.56. The Kier molecular flexibility index (Phi) is 4.96. The van der Waals surface area contributed by atoms with Gasteiger partial charge in [0, 0.05) is 13.5 Å². The van der Waals surface area contributed by atoms with Gasteiger partial charge in [-0.05, 0) is 43.5 Å². The number of imidazole rings is 1. The monoisotopic (exact) mass is 378 g/mol. The fraction of sp³-hybridized carbons (Fsp3) is 0.318. The number of carbonyl (C=O) groups is 2.